The molecular formula is C19H18BrN5O3S. The third kappa shape index (κ3) is 5.08. The number of pyridine rings is 1. The van der Waals surface area contributed by atoms with E-state index in [0.717, 1.165) is 10.0 Å². The number of halogens is 1. The molecule has 0 unspecified atom stereocenters. The van der Waals surface area contributed by atoms with Crippen LogP contribution in [-0.4, -0.2) is 47.4 Å². The Morgan fingerprint density at radius 3 is 2.79 bits per heavy atom. The number of benzene rings is 1. The molecule has 1 aliphatic rings. The summed E-state index contributed by atoms with van der Waals surface area (Å²) in [5.41, 5.74) is 1.50. The Hall–Kier alpha value is -2.56. The van der Waals surface area contributed by atoms with Gasteiger partial charge in [0.15, 0.2) is 0 Å². The first-order valence-corrected chi connectivity index (χ1v) is 10.6. The Morgan fingerprint density at radius 2 is 2.00 bits per heavy atom. The molecule has 0 saturated carbocycles. The van der Waals surface area contributed by atoms with Crippen LogP contribution in [0, 0.1) is 0 Å². The second kappa shape index (κ2) is 9.29. The van der Waals surface area contributed by atoms with E-state index in [1.54, 1.807) is 18.3 Å². The number of ether oxygens (including phenoxy) is 2. The molecule has 1 aliphatic heterocycles. The highest BCUT2D eigenvalue weighted by atomic mass is 79.9. The van der Waals surface area contributed by atoms with Crippen LogP contribution in [-0.2, 0) is 11.3 Å². The average Bonchev–Trinajstić information content (AvgIpc) is 3.21. The van der Waals surface area contributed by atoms with E-state index in [1.807, 2.05) is 29.2 Å². The maximum absolute atomic E-state index is 12.8. The molecule has 0 bridgehead atoms. The predicted octanol–water partition coefficient (Wildman–Crippen LogP) is 3.36. The minimum Gasteiger partial charge on any atom is -0.464 e. The molecule has 1 amide bonds. The molecule has 4 rings (SSSR count). The van der Waals surface area contributed by atoms with E-state index in [1.165, 1.54) is 11.3 Å². The molecule has 2 aromatic heterocycles. The van der Waals surface area contributed by atoms with Gasteiger partial charge in [-0.15, -0.1) is 5.10 Å². The van der Waals surface area contributed by atoms with Crippen LogP contribution < -0.4 is 15.0 Å². The number of amides is 1. The lowest BCUT2D eigenvalue weighted by Crippen LogP contribution is -2.38. The lowest BCUT2D eigenvalue weighted by molar-refractivity contribution is 0.102. The summed E-state index contributed by atoms with van der Waals surface area (Å²) in [4.78, 5) is 19.2. The van der Waals surface area contributed by atoms with E-state index < -0.39 is 0 Å². The predicted molar refractivity (Wildman–Crippen MR) is 114 cm³/mol. The van der Waals surface area contributed by atoms with Gasteiger partial charge in [-0.25, -0.2) is 4.98 Å². The summed E-state index contributed by atoms with van der Waals surface area (Å²) < 4.78 is 12.0. The summed E-state index contributed by atoms with van der Waals surface area (Å²) in [5, 5.41) is 11.5. The van der Waals surface area contributed by atoms with E-state index in [0.29, 0.717) is 54.6 Å². The number of aromatic nitrogens is 3. The van der Waals surface area contributed by atoms with Gasteiger partial charge in [0.25, 0.3) is 11.1 Å². The van der Waals surface area contributed by atoms with Crippen LogP contribution in [0.3, 0.4) is 0 Å². The van der Waals surface area contributed by atoms with Crippen molar-refractivity contribution in [2.45, 2.75) is 6.61 Å². The van der Waals surface area contributed by atoms with Crippen molar-refractivity contribution < 1.29 is 14.3 Å². The number of hydrogen-bond donors (Lipinski definition) is 1. The second-order valence-corrected chi connectivity index (χ2v) is 8.07. The number of carbonyl (C=O) groups is 1. The van der Waals surface area contributed by atoms with Crippen molar-refractivity contribution in [3.8, 4) is 5.19 Å². The first-order valence-electron chi connectivity index (χ1n) is 8.99. The zero-order valence-electron chi connectivity index (χ0n) is 15.4. The fourth-order valence-electron chi connectivity index (χ4n) is 2.81. The summed E-state index contributed by atoms with van der Waals surface area (Å²) in [7, 11) is 0. The molecule has 0 spiro atoms. The summed E-state index contributed by atoms with van der Waals surface area (Å²) >= 11 is 4.58. The molecule has 3 aromatic rings. The van der Waals surface area contributed by atoms with Crippen LogP contribution in [0.1, 0.15) is 15.9 Å². The zero-order chi connectivity index (χ0) is 20.1. The number of anilines is 2. The molecule has 150 valence electrons. The van der Waals surface area contributed by atoms with Crippen molar-refractivity contribution in [2.75, 3.05) is 36.5 Å². The van der Waals surface area contributed by atoms with Crippen molar-refractivity contribution in [1.29, 1.82) is 0 Å². The van der Waals surface area contributed by atoms with Gasteiger partial charge in [-0.05, 0) is 41.2 Å². The van der Waals surface area contributed by atoms with Gasteiger partial charge in [-0.3, -0.25) is 10.1 Å². The van der Waals surface area contributed by atoms with Gasteiger partial charge < -0.3 is 14.4 Å². The molecule has 0 radical (unpaired) electrons. The van der Waals surface area contributed by atoms with E-state index in [2.05, 4.69) is 36.4 Å². The molecular weight excluding hydrogens is 458 g/mol. The molecule has 1 saturated heterocycles. The van der Waals surface area contributed by atoms with Gasteiger partial charge in [0, 0.05) is 23.8 Å². The summed E-state index contributed by atoms with van der Waals surface area (Å²) in [6.45, 7) is 3.01. The van der Waals surface area contributed by atoms with Crippen LogP contribution in [0.4, 0.5) is 10.9 Å². The van der Waals surface area contributed by atoms with Crippen molar-refractivity contribution in [2.24, 2.45) is 0 Å². The largest absolute Gasteiger partial charge is 0.464 e. The topological polar surface area (TPSA) is 89.5 Å². The van der Waals surface area contributed by atoms with Crippen LogP contribution in [0.5, 0.6) is 5.19 Å². The molecule has 10 heteroatoms. The monoisotopic (exact) mass is 475 g/mol. The number of nitrogens with zero attached hydrogens (tertiary/aromatic N) is 4. The van der Waals surface area contributed by atoms with Gasteiger partial charge in [0.2, 0.25) is 5.13 Å². The highest BCUT2D eigenvalue weighted by Crippen LogP contribution is 2.25. The first kappa shape index (κ1) is 19.7. The van der Waals surface area contributed by atoms with Gasteiger partial charge >= 0.3 is 0 Å². The number of carbonyl (C=O) groups excluding carboxylic acids is 1. The van der Waals surface area contributed by atoms with E-state index in [4.69, 9.17) is 9.47 Å². The minimum atomic E-state index is -0.282. The average molecular weight is 476 g/mol. The van der Waals surface area contributed by atoms with Gasteiger partial charge in [-0.1, -0.05) is 33.2 Å². The number of rotatable bonds is 6. The highest BCUT2D eigenvalue weighted by Gasteiger charge is 2.21. The van der Waals surface area contributed by atoms with Gasteiger partial charge in [-0.2, -0.15) is 0 Å². The lowest BCUT2D eigenvalue weighted by Gasteiger charge is -2.28. The van der Waals surface area contributed by atoms with Crippen LogP contribution in [0.25, 0.3) is 0 Å². The molecule has 1 N–H and O–H groups in total. The van der Waals surface area contributed by atoms with Gasteiger partial charge in [0.05, 0.1) is 18.8 Å². The second-order valence-electron chi connectivity index (χ2n) is 6.22. The summed E-state index contributed by atoms with van der Waals surface area (Å²) in [5.74, 6) is 0.361. The zero-order valence-corrected chi connectivity index (χ0v) is 17.8. The highest BCUT2D eigenvalue weighted by molar-refractivity contribution is 9.10. The Bertz CT molecular complexity index is 976. The third-order valence-electron chi connectivity index (χ3n) is 4.24. The standard InChI is InChI=1S/C19H18BrN5O3S/c20-14-5-3-13(4-6-14)12-28-19-24-23-18(29-19)22-17(26)15-2-1-7-21-16(15)25-8-10-27-11-9-25/h1-7H,8-12H2,(H,22,23,26). The molecule has 0 atom stereocenters. The number of hydrogen-bond acceptors (Lipinski definition) is 8. The molecule has 1 fully saturated rings. The van der Waals surface area contributed by atoms with Crippen molar-refractivity contribution >= 4 is 44.1 Å². The minimum absolute atomic E-state index is 0.282. The molecule has 1 aromatic carbocycles. The Kier molecular flexibility index (Phi) is 6.33. The van der Waals surface area contributed by atoms with E-state index >= 15 is 0 Å². The Balaban J connectivity index is 1.40. The third-order valence-corrected chi connectivity index (χ3v) is 5.52. The first-order chi connectivity index (χ1) is 14.2. The SMILES string of the molecule is O=C(Nc1nnc(OCc2ccc(Br)cc2)s1)c1cccnc1N1CCOCC1. The maximum atomic E-state index is 12.8. The molecule has 0 aliphatic carbocycles. The van der Waals surface area contributed by atoms with Crippen LogP contribution in [0.2, 0.25) is 0 Å². The molecule has 8 nitrogen and oxygen atoms in total. The summed E-state index contributed by atoms with van der Waals surface area (Å²) in [6, 6.07) is 11.3. The number of morpholine rings is 1. The fourth-order valence-corrected chi connectivity index (χ4v) is 3.66. The van der Waals surface area contributed by atoms with Crippen LogP contribution >= 0.6 is 27.3 Å². The van der Waals surface area contributed by atoms with E-state index in [-0.39, 0.29) is 5.91 Å². The Labute approximate surface area is 180 Å². The van der Waals surface area contributed by atoms with Crippen molar-refractivity contribution in [3.63, 3.8) is 0 Å². The Morgan fingerprint density at radius 1 is 1.21 bits per heavy atom. The van der Waals surface area contributed by atoms with Crippen molar-refractivity contribution in [1.82, 2.24) is 15.2 Å². The van der Waals surface area contributed by atoms with Crippen molar-refractivity contribution in [3.05, 3.63) is 58.2 Å². The van der Waals surface area contributed by atoms with E-state index in [9.17, 15) is 4.79 Å². The number of nitrogens with one attached hydrogen (secondary N) is 1. The fraction of sp³-hybridized carbons (Fsp3) is 0.263. The smallest absolute Gasteiger partial charge is 0.296 e. The quantitative estimate of drug-likeness (QED) is 0.584. The van der Waals surface area contributed by atoms with Gasteiger partial charge in [0.1, 0.15) is 12.4 Å². The molecule has 29 heavy (non-hydrogen) atoms. The van der Waals surface area contributed by atoms with Crippen LogP contribution in [0.15, 0.2) is 47.1 Å². The lowest BCUT2D eigenvalue weighted by atomic mass is 10.2. The maximum Gasteiger partial charge on any atom is 0.296 e. The normalized spacial score (nSPS) is 13.9. The summed E-state index contributed by atoms with van der Waals surface area (Å²) in [6.07, 6.45) is 1.68. The molecule has 3 heterocycles.